The van der Waals surface area contributed by atoms with Gasteiger partial charge in [0, 0.05) is 19.5 Å². The van der Waals surface area contributed by atoms with Gasteiger partial charge in [-0.1, -0.05) is 0 Å². The Kier molecular flexibility index (Phi) is 5.29. The van der Waals surface area contributed by atoms with Crippen molar-refractivity contribution in [3.63, 3.8) is 0 Å². The molecule has 1 aromatic rings. The maximum absolute atomic E-state index is 13.2. The summed E-state index contributed by atoms with van der Waals surface area (Å²) in [5.41, 5.74) is 0.584. The summed E-state index contributed by atoms with van der Waals surface area (Å²) >= 11 is 0. The van der Waals surface area contributed by atoms with Gasteiger partial charge in [0.25, 0.3) is 0 Å². The van der Waals surface area contributed by atoms with E-state index < -0.39 is 11.9 Å². The third-order valence-electron chi connectivity index (χ3n) is 2.45. The van der Waals surface area contributed by atoms with Crippen LogP contribution >= 0.6 is 0 Å². The zero-order valence-electron chi connectivity index (χ0n) is 11.1. The van der Waals surface area contributed by atoms with E-state index in [1.54, 1.807) is 13.0 Å². The molecule has 6 heteroatoms. The molecule has 1 aromatic carbocycles. The van der Waals surface area contributed by atoms with Crippen LogP contribution in [0.1, 0.15) is 19.4 Å². The molecule has 0 aliphatic carbocycles. The van der Waals surface area contributed by atoms with Crippen LogP contribution in [0.15, 0.2) is 18.2 Å². The van der Waals surface area contributed by atoms with E-state index in [1.165, 1.54) is 26.2 Å². The summed E-state index contributed by atoms with van der Waals surface area (Å²) in [6.45, 7) is 3.07. The molecule has 19 heavy (non-hydrogen) atoms. The summed E-state index contributed by atoms with van der Waals surface area (Å²) in [5.74, 6) is -0.661. The van der Waals surface area contributed by atoms with Crippen LogP contribution in [0.25, 0.3) is 0 Å². The van der Waals surface area contributed by atoms with Gasteiger partial charge in [0.1, 0.15) is 17.6 Å². The van der Waals surface area contributed by atoms with Gasteiger partial charge < -0.3 is 15.4 Å². The third kappa shape index (κ3) is 4.95. The fourth-order valence-corrected chi connectivity index (χ4v) is 1.55. The molecule has 0 spiro atoms. The normalized spacial score (nSPS) is 11.6. The van der Waals surface area contributed by atoms with Crippen LogP contribution < -0.4 is 15.4 Å². The van der Waals surface area contributed by atoms with Crippen LogP contribution in [0.3, 0.4) is 0 Å². The van der Waals surface area contributed by atoms with Crippen molar-refractivity contribution in [1.29, 1.82) is 0 Å². The lowest BCUT2D eigenvalue weighted by Gasteiger charge is -2.13. The fraction of sp³-hybridized carbons (Fsp3) is 0.385. The first kappa shape index (κ1) is 14.9. The Morgan fingerprint density at radius 1 is 1.37 bits per heavy atom. The Hall–Kier alpha value is -2.11. The van der Waals surface area contributed by atoms with Crippen LogP contribution in [0.2, 0.25) is 0 Å². The van der Waals surface area contributed by atoms with Crippen molar-refractivity contribution < 1.29 is 18.7 Å². The predicted molar refractivity (Wildman–Crippen MR) is 68.1 cm³/mol. The first-order valence-corrected chi connectivity index (χ1v) is 5.80. The van der Waals surface area contributed by atoms with Crippen LogP contribution in [-0.2, 0) is 16.1 Å². The number of carbonyl (C=O) groups excluding carboxylic acids is 2. The molecule has 2 amide bonds. The lowest BCUT2D eigenvalue weighted by atomic mass is 10.2. The van der Waals surface area contributed by atoms with Crippen molar-refractivity contribution in [2.75, 3.05) is 7.11 Å². The predicted octanol–water partition coefficient (Wildman–Crippen LogP) is 0.975. The number of nitrogens with one attached hydrogen (secondary N) is 2. The number of hydrogen-bond acceptors (Lipinski definition) is 3. The zero-order chi connectivity index (χ0) is 14.4. The minimum Gasteiger partial charge on any atom is -0.497 e. The Bertz CT molecular complexity index is 477. The van der Waals surface area contributed by atoms with Gasteiger partial charge in [-0.15, -0.1) is 0 Å². The van der Waals surface area contributed by atoms with E-state index in [0.29, 0.717) is 11.3 Å². The molecule has 1 rings (SSSR count). The second-order valence-electron chi connectivity index (χ2n) is 4.14. The molecule has 0 saturated heterocycles. The molecular formula is C13H17FN2O3. The van der Waals surface area contributed by atoms with E-state index in [0.717, 1.165) is 0 Å². The molecule has 0 unspecified atom stereocenters. The lowest BCUT2D eigenvalue weighted by molar-refractivity contribution is -0.127. The molecule has 104 valence electrons. The average molecular weight is 268 g/mol. The summed E-state index contributed by atoms with van der Waals surface area (Å²) in [5, 5.41) is 5.07. The molecule has 0 aromatic heterocycles. The molecule has 0 bridgehead atoms. The standard InChI is InChI=1S/C13H17FN2O3/c1-8(16-9(2)17)13(18)15-7-10-4-11(14)6-12(5-10)19-3/h4-6,8H,7H2,1-3H3,(H,15,18)(H,16,17)/t8-/m1/s1. The van der Waals surface area contributed by atoms with Gasteiger partial charge in [-0.2, -0.15) is 0 Å². The number of ether oxygens (including phenoxy) is 1. The monoisotopic (exact) mass is 268 g/mol. The van der Waals surface area contributed by atoms with E-state index in [1.807, 2.05) is 0 Å². The maximum Gasteiger partial charge on any atom is 0.242 e. The molecular weight excluding hydrogens is 251 g/mol. The quantitative estimate of drug-likeness (QED) is 0.836. The number of benzene rings is 1. The smallest absolute Gasteiger partial charge is 0.242 e. The van der Waals surface area contributed by atoms with Gasteiger partial charge in [0.15, 0.2) is 0 Å². The number of hydrogen-bond donors (Lipinski definition) is 2. The van der Waals surface area contributed by atoms with Gasteiger partial charge in [-0.3, -0.25) is 9.59 Å². The van der Waals surface area contributed by atoms with Crippen LogP contribution in [0.4, 0.5) is 4.39 Å². The second kappa shape index (κ2) is 6.72. The highest BCUT2D eigenvalue weighted by molar-refractivity contribution is 5.86. The summed E-state index contributed by atoms with van der Waals surface area (Å²) < 4.78 is 18.2. The first-order valence-electron chi connectivity index (χ1n) is 5.80. The number of methoxy groups -OCH3 is 1. The number of carbonyl (C=O) groups is 2. The van der Waals surface area contributed by atoms with Crippen LogP contribution in [0.5, 0.6) is 5.75 Å². The van der Waals surface area contributed by atoms with Crippen molar-refractivity contribution in [2.24, 2.45) is 0 Å². The minimum absolute atomic E-state index is 0.164. The van der Waals surface area contributed by atoms with Gasteiger partial charge in [0.05, 0.1) is 7.11 Å². The Labute approximate surface area is 111 Å². The molecule has 0 aliphatic heterocycles. The van der Waals surface area contributed by atoms with Gasteiger partial charge in [0.2, 0.25) is 11.8 Å². The molecule has 5 nitrogen and oxygen atoms in total. The summed E-state index contributed by atoms with van der Waals surface area (Å²) in [4.78, 5) is 22.4. The topological polar surface area (TPSA) is 67.4 Å². The van der Waals surface area contributed by atoms with Crippen LogP contribution in [-0.4, -0.2) is 25.0 Å². The van der Waals surface area contributed by atoms with E-state index in [2.05, 4.69) is 10.6 Å². The fourth-order valence-electron chi connectivity index (χ4n) is 1.55. The maximum atomic E-state index is 13.2. The largest absolute Gasteiger partial charge is 0.497 e. The number of rotatable bonds is 5. The highest BCUT2D eigenvalue weighted by atomic mass is 19.1. The highest BCUT2D eigenvalue weighted by Gasteiger charge is 2.13. The molecule has 0 radical (unpaired) electrons. The van der Waals surface area contributed by atoms with E-state index >= 15 is 0 Å². The lowest BCUT2D eigenvalue weighted by Crippen LogP contribution is -2.43. The van der Waals surface area contributed by atoms with Gasteiger partial charge >= 0.3 is 0 Å². The van der Waals surface area contributed by atoms with Gasteiger partial charge in [-0.05, 0) is 24.6 Å². The SMILES string of the molecule is COc1cc(F)cc(CNC(=O)[C@@H](C)NC(C)=O)c1. The number of halogens is 1. The molecule has 0 saturated carbocycles. The van der Waals surface area contributed by atoms with Crippen molar-refractivity contribution in [3.05, 3.63) is 29.6 Å². The van der Waals surface area contributed by atoms with E-state index in [9.17, 15) is 14.0 Å². The molecule has 2 N–H and O–H groups in total. The second-order valence-corrected chi connectivity index (χ2v) is 4.14. The van der Waals surface area contributed by atoms with E-state index in [4.69, 9.17) is 4.74 Å². The van der Waals surface area contributed by atoms with Crippen molar-refractivity contribution in [3.8, 4) is 5.75 Å². The molecule has 0 fully saturated rings. The molecule has 0 aliphatic rings. The average Bonchev–Trinajstić information content (AvgIpc) is 2.34. The van der Waals surface area contributed by atoms with Crippen LogP contribution in [0, 0.1) is 5.82 Å². The Morgan fingerprint density at radius 2 is 2.05 bits per heavy atom. The number of amides is 2. The summed E-state index contributed by atoms with van der Waals surface area (Å²) in [6, 6.07) is 3.57. The van der Waals surface area contributed by atoms with Gasteiger partial charge in [-0.25, -0.2) is 4.39 Å². The Balaban J connectivity index is 2.59. The molecule has 0 heterocycles. The van der Waals surface area contributed by atoms with Crippen molar-refractivity contribution >= 4 is 11.8 Å². The zero-order valence-corrected chi connectivity index (χ0v) is 11.1. The molecule has 1 atom stereocenters. The summed E-state index contributed by atoms with van der Waals surface area (Å²) in [6.07, 6.45) is 0. The first-order chi connectivity index (χ1) is 8.92. The van der Waals surface area contributed by atoms with E-state index in [-0.39, 0.29) is 18.4 Å². The third-order valence-corrected chi connectivity index (χ3v) is 2.45. The Morgan fingerprint density at radius 3 is 2.63 bits per heavy atom. The van der Waals surface area contributed by atoms with Crippen molar-refractivity contribution in [2.45, 2.75) is 26.4 Å². The van der Waals surface area contributed by atoms with Crippen molar-refractivity contribution in [1.82, 2.24) is 10.6 Å². The summed E-state index contributed by atoms with van der Waals surface area (Å²) in [7, 11) is 1.44. The minimum atomic E-state index is -0.632. The highest BCUT2D eigenvalue weighted by Crippen LogP contribution is 2.15.